The van der Waals surface area contributed by atoms with Crippen molar-refractivity contribution >= 4 is 17.2 Å². The number of hydrogen-bond acceptors (Lipinski definition) is 2. The molecule has 0 saturated heterocycles. The van der Waals surface area contributed by atoms with Gasteiger partial charge in [-0.25, -0.2) is 4.79 Å². The van der Waals surface area contributed by atoms with Crippen LogP contribution in [0, 0.1) is 0 Å². The van der Waals surface area contributed by atoms with Crippen LogP contribution in [0.2, 0.25) is 0 Å². The molecule has 2 rings (SSSR count). The van der Waals surface area contributed by atoms with Gasteiger partial charge >= 0.3 is 5.69 Å². The first-order chi connectivity index (χ1) is 8.99. The van der Waals surface area contributed by atoms with Crippen LogP contribution in [0.1, 0.15) is 31.0 Å². The van der Waals surface area contributed by atoms with Crippen molar-refractivity contribution in [3.05, 3.63) is 58.3 Å². The minimum atomic E-state index is 0.00780. The van der Waals surface area contributed by atoms with E-state index in [-0.39, 0.29) is 11.7 Å². The Kier molecular flexibility index (Phi) is 3.85. The van der Waals surface area contributed by atoms with E-state index in [1.807, 2.05) is 50.5 Å². The molecule has 2 N–H and O–H groups in total. The van der Waals surface area contributed by atoms with Crippen molar-refractivity contribution in [1.29, 1.82) is 0 Å². The first kappa shape index (κ1) is 13.5. The van der Waals surface area contributed by atoms with Crippen LogP contribution in [-0.4, -0.2) is 14.1 Å². The summed E-state index contributed by atoms with van der Waals surface area (Å²) in [7, 11) is 0. The number of nitrogens with zero attached hydrogens (tertiary/aromatic N) is 2. The Morgan fingerprint density at radius 2 is 1.89 bits per heavy atom. The normalized spacial score (nSPS) is 10.9. The molecule has 2 aromatic rings. The van der Waals surface area contributed by atoms with Gasteiger partial charge in [0.05, 0.1) is 6.54 Å². The maximum absolute atomic E-state index is 12.1. The van der Waals surface area contributed by atoms with Gasteiger partial charge in [-0.05, 0) is 19.4 Å². The molecule has 0 unspecified atom stereocenters. The van der Waals surface area contributed by atoms with E-state index in [1.165, 1.54) is 0 Å². The van der Waals surface area contributed by atoms with Crippen molar-refractivity contribution in [2.75, 3.05) is 0 Å². The Hall–Kier alpha value is -1.88. The SMILES string of the molecule is CC(C)n1ccn(Cc2ccc(C(N)=S)cc2)c1=O. The predicted octanol–water partition coefficient (Wildman–Crippen LogP) is 1.91. The molecule has 1 heterocycles. The van der Waals surface area contributed by atoms with E-state index in [1.54, 1.807) is 9.13 Å². The zero-order valence-corrected chi connectivity index (χ0v) is 11.9. The van der Waals surface area contributed by atoms with E-state index >= 15 is 0 Å². The first-order valence-corrected chi connectivity index (χ1v) is 6.56. The fraction of sp³-hybridized carbons (Fsp3) is 0.286. The van der Waals surface area contributed by atoms with E-state index in [4.69, 9.17) is 18.0 Å². The summed E-state index contributed by atoms with van der Waals surface area (Å²) in [6.45, 7) is 4.53. The predicted molar refractivity (Wildman–Crippen MR) is 80.5 cm³/mol. The molecular weight excluding hydrogens is 258 g/mol. The van der Waals surface area contributed by atoms with Crippen LogP contribution in [0.15, 0.2) is 41.5 Å². The molecule has 19 heavy (non-hydrogen) atoms. The highest BCUT2D eigenvalue weighted by Gasteiger charge is 2.06. The number of hydrogen-bond donors (Lipinski definition) is 1. The van der Waals surface area contributed by atoms with Gasteiger partial charge in [-0.15, -0.1) is 0 Å². The van der Waals surface area contributed by atoms with Crippen LogP contribution in [0.5, 0.6) is 0 Å². The van der Waals surface area contributed by atoms with Gasteiger partial charge in [0, 0.05) is 24.0 Å². The highest BCUT2D eigenvalue weighted by molar-refractivity contribution is 7.80. The summed E-state index contributed by atoms with van der Waals surface area (Å²) in [5.41, 5.74) is 7.44. The van der Waals surface area contributed by atoms with Crippen molar-refractivity contribution in [3.63, 3.8) is 0 Å². The lowest BCUT2D eigenvalue weighted by molar-refractivity contribution is 0.561. The Balaban J connectivity index is 2.22. The minimum Gasteiger partial charge on any atom is -0.389 e. The standard InChI is InChI=1S/C14H17N3OS/c1-10(2)17-8-7-16(14(17)18)9-11-3-5-12(6-4-11)13(15)19/h3-8,10H,9H2,1-2H3,(H2,15,19). The monoisotopic (exact) mass is 275 g/mol. The van der Waals surface area contributed by atoms with Crippen molar-refractivity contribution in [1.82, 2.24) is 9.13 Å². The molecule has 0 aliphatic carbocycles. The first-order valence-electron chi connectivity index (χ1n) is 6.15. The number of benzene rings is 1. The minimum absolute atomic E-state index is 0.00780. The third-order valence-electron chi connectivity index (χ3n) is 3.02. The molecular formula is C14H17N3OS. The summed E-state index contributed by atoms with van der Waals surface area (Å²) in [6.07, 6.45) is 3.63. The smallest absolute Gasteiger partial charge is 0.328 e. The van der Waals surface area contributed by atoms with Crippen molar-refractivity contribution < 1.29 is 0 Å². The lowest BCUT2D eigenvalue weighted by Crippen LogP contribution is -2.25. The van der Waals surface area contributed by atoms with Crippen LogP contribution in [0.25, 0.3) is 0 Å². The molecule has 0 aliphatic rings. The molecule has 1 aromatic heterocycles. The number of imidazole rings is 1. The van der Waals surface area contributed by atoms with E-state index in [0.717, 1.165) is 11.1 Å². The highest BCUT2D eigenvalue weighted by atomic mass is 32.1. The Morgan fingerprint density at radius 3 is 2.37 bits per heavy atom. The Morgan fingerprint density at radius 1 is 1.26 bits per heavy atom. The van der Waals surface area contributed by atoms with Crippen molar-refractivity contribution in [2.24, 2.45) is 5.73 Å². The molecule has 0 radical (unpaired) electrons. The van der Waals surface area contributed by atoms with Crippen molar-refractivity contribution in [3.8, 4) is 0 Å². The van der Waals surface area contributed by atoms with Crippen LogP contribution < -0.4 is 11.4 Å². The van der Waals surface area contributed by atoms with E-state index in [0.29, 0.717) is 11.5 Å². The summed E-state index contributed by atoms with van der Waals surface area (Å²) in [4.78, 5) is 12.5. The quantitative estimate of drug-likeness (QED) is 0.867. The van der Waals surface area contributed by atoms with Crippen LogP contribution >= 0.6 is 12.2 Å². The molecule has 0 bridgehead atoms. The molecule has 100 valence electrons. The van der Waals surface area contributed by atoms with Gasteiger partial charge in [0.1, 0.15) is 4.99 Å². The fourth-order valence-corrected chi connectivity index (χ4v) is 2.05. The molecule has 0 spiro atoms. The second-order valence-corrected chi connectivity index (χ2v) is 5.21. The number of rotatable bonds is 4. The second-order valence-electron chi connectivity index (χ2n) is 4.77. The van der Waals surface area contributed by atoms with Gasteiger partial charge in [-0.3, -0.25) is 9.13 Å². The maximum Gasteiger partial charge on any atom is 0.328 e. The molecule has 0 aliphatic heterocycles. The summed E-state index contributed by atoms with van der Waals surface area (Å²) in [6, 6.07) is 7.80. The maximum atomic E-state index is 12.1. The zero-order chi connectivity index (χ0) is 14.0. The lowest BCUT2D eigenvalue weighted by atomic mass is 10.1. The van der Waals surface area contributed by atoms with Gasteiger partial charge in [0.15, 0.2) is 0 Å². The number of thiocarbonyl (C=S) groups is 1. The van der Waals surface area contributed by atoms with Crippen LogP contribution in [0.4, 0.5) is 0 Å². The van der Waals surface area contributed by atoms with Gasteiger partial charge in [0.25, 0.3) is 0 Å². The van der Waals surface area contributed by atoms with Crippen molar-refractivity contribution in [2.45, 2.75) is 26.4 Å². The largest absolute Gasteiger partial charge is 0.389 e. The van der Waals surface area contributed by atoms with Crippen LogP contribution in [-0.2, 0) is 6.54 Å². The van der Waals surface area contributed by atoms with Gasteiger partial charge < -0.3 is 5.73 Å². The van der Waals surface area contributed by atoms with Gasteiger partial charge in [0.2, 0.25) is 0 Å². The topological polar surface area (TPSA) is 52.9 Å². The third kappa shape index (κ3) is 2.93. The second kappa shape index (κ2) is 5.40. The molecule has 4 nitrogen and oxygen atoms in total. The molecule has 0 amide bonds. The molecule has 1 aromatic carbocycles. The van der Waals surface area contributed by atoms with E-state index in [9.17, 15) is 4.79 Å². The molecule has 0 atom stereocenters. The molecule has 0 saturated carbocycles. The average Bonchev–Trinajstić information content (AvgIpc) is 2.72. The summed E-state index contributed by atoms with van der Waals surface area (Å²) < 4.78 is 3.40. The van der Waals surface area contributed by atoms with Crippen LogP contribution in [0.3, 0.4) is 0 Å². The Labute approximate surface area is 117 Å². The van der Waals surface area contributed by atoms with E-state index in [2.05, 4.69) is 0 Å². The Bertz CT molecular complexity index is 637. The summed E-state index contributed by atoms with van der Waals surface area (Å²) >= 11 is 4.91. The fourth-order valence-electron chi connectivity index (χ4n) is 1.91. The van der Waals surface area contributed by atoms with E-state index < -0.39 is 0 Å². The zero-order valence-electron chi connectivity index (χ0n) is 11.0. The lowest BCUT2D eigenvalue weighted by Gasteiger charge is -2.06. The molecule has 5 heteroatoms. The summed E-state index contributed by atoms with van der Waals surface area (Å²) in [5.74, 6) is 0. The summed E-state index contributed by atoms with van der Waals surface area (Å²) in [5, 5.41) is 0. The number of aromatic nitrogens is 2. The van der Waals surface area contributed by atoms with Gasteiger partial charge in [-0.2, -0.15) is 0 Å². The van der Waals surface area contributed by atoms with Gasteiger partial charge in [-0.1, -0.05) is 36.5 Å². The third-order valence-corrected chi connectivity index (χ3v) is 3.26. The molecule has 0 fully saturated rings. The number of nitrogens with two attached hydrogens (primary N) is 1. The highest BCUT2D eigenvalue weighted by Crippen LogP contribution is 2.06. The average molecular weight is 275 g/mol.